The lowest BCUT2D eigenvalue weighted by Crippen LogP contribution is -2.42. The molecule has 164 valence electrons. The molecule has 0 aliphatic carbocycles. The Morgan fingerprint density at radius 2 is 0.704 bits per heavy atom. The first-order valence-corrected chi connectivity index (χ1v) is 14.8. The molecule has 0 rings (SSSR count). The van der Waals surface area contributed by atoms with Gasteiger partial charge in [-0.05, 0) is 25.9 Å². The van der Waals surface area contributed by atoms with Crippen LogP contribution in [0.3, 0.4) is 0 Å². The zero-order valence-corrected chi connectivity index (χ0v) is 20.5. The maximum absolute atomic E-state index is 6.31. The molecule has 3 heteroatoms. The fourth-order valence-electron chi connectivity index (χ4n) is 4.04. The lowest BCUT2D eigenvalue weighted by molar-refractivity contribution is 0.180. The number of unbranched alkanes of at least 4 members (excludes halogenated alkanes) is 14. The summed E-state index contributed by atoms with van der Waals surface area (Å²) in [5.41, 5.74) is 0. The van der Waals surface area contributed by atoms with Gasteiger partial charge in [0.25, 0.3) is 0 Å². The molecule has 0 spiro atoms. The average Bonchev–Trinajstić information content (AvgIpc) is 2.66. The highest BCUT2D eigenvalue weighted by Gasteiger charge is 2.35. The smallest absolute Gasteiger partial charge is 0.338 e. The van der Waals surface area contributed by atoms with E-state index in [4.69, 9.17) is 8.85 Å². The second-order valence-corrected chi connectivity index (χ2v) is 11.6. The summed E-state index contributed by atoms with van der Waals surface area (Å²) in [6.45, 7) is 10.5. The van der Waals surface area contributed by atoms with Crippen LogP contribution in [0.25, 0.3) is 0 Å². The molecule has 0 amide bonds. The normalized spacial score (nSPS) is 12.0. The Morgan fingerprint density at radius 1 is 0.407 bits per heavy atom. The zero-order valence-electron chi connectivity index (χ0n) is 19.5. The van der Waals surface area contributed by atoms with E-state index >= 15 is 0 Å². The largest absolute Gasteiger partial charge is 0.394 e. The van der Waals surface area contributed by atoms with Crippen LogP contribution in [-0.4, -0.2) is 21.8 Å². The van der Waals surface area contributed by atoms with Crippen molar-refractivity contribution in [2.45, 2.75) is 143 Å². The van der Waals surface area contributed by atoms with Gasteiger partial charge >= 0.3 is 8.56 Å². The molecule has 0 aromatic rings. The van der Waals surface area contributed by atoms with Crippen LogP contribution in [-0.2, 0) is 8.85 Å². The lowest BCUT2D eigenvalue weighted by Gasteiger charge is -2.30. The summed E-state index contributed by atoms with van der Waals surface area (Å²) in [4.78, 5) is 0. The molecule has 0 radical (unpaired) electrons. The van der Waals surface area contributed by atoms with Crippen LogP contribution < -0.4 is 0 Å². The Morgan fingerprint density at radius 3 is 1.00 bits per heavy atom. The van der Waals surface area contributed by atoms with Crippen LogP contribution in [0.5, 0.6) is 0 Å². The van der Waals surface area contributed by atoms with E-state index in [1.54, 1.807) is 0 Å². The molecule has 0 heterocycles. The lowest BCUT2D eigenvalue weighted by atomic mass is 10.1. The molecule has 0 fully saturated rings. The van der Waals surface area contributed by atoms with Crippen molar-refractivity contribution in [3.8, 4) is 0 Å². The van der Waals surface area contributed by atoms with Crippen molar-refractivity contribution in [1.29, 1.82) is 0 Å². The Labute approximate surface area is 173 Å². The van der Waals surface area contributed by atoms with Crippen LogP contribution in [0.2, 0.25) is 12.1 Å². The zero-order chi connectivity index (χ0) is 20.1. The van der Waals surface area contributed by atoms with Gasteiger partial charge in [0.05, 0.1) is 0 Å². The van der Waals surface area contributed by atoms with Crippen LogP contribution in [0.4, 0.5) is 0 Å². The maximum atomic E-state index is 6.31. The predicted molar refractivity (Wildman–Crippen MR) is 124 cm³/mol. The molecule has 0 aromatic carbocycles. The van der Waals surface area contributed by atoms with Gasteiger partial charge in [-0.1, -0.05) is 117 Å². The maximum Gasteiger partial charge on any atom is 0.338 e. The van der Waals surface area contributed by atoms with Crippen molar-refractivity contribution in [2.75, 3.05) is 13.2 Å². The van der Waals surface area contributed by atoms with Gasteiger partial charge in [0.1, 0.15) is 0 Å². The van der Waals surface area contributed by atoms with Gasteiger partial charge in [0.2, 0.25) is 0 Å². The summed E-state index contributed by atoms with van der Waals surface area (Å²) in [6.07, 6.45) is 22.1. The molecule has 0 bridgehead atoms. The van der Waals surface area contributed by atoms with E-state index in [0.29, 0.717) is 0 Å². The van der Waals surface area contributed by atoms with E-state index in [1.807, 2.05) is 0 Å². The van der Waals surface area contributed by atoms with Crippen molar-refractivity contribution in [3.05, 3.63) is 0 Å². The summed E-state index contributed by atoms with van der Waals surface area (Å²) >= 11 is 0. The molecule has 27 heavy (non-hydrogen) atoms. The van der Waals surface area contributed by atoms with E-state index in [2.05, 4.69) is 27.7 Å². The molecule has 0 unspecified atom stereocenters. The van der Waals surface area contributed by atoms with E-state index in [9.17, 15) is 0 Å². The van der Waals surface area contributed by atoms with Crippen molar-refractivity contribution in [3.63, 3.8) is 0 Å². The second kappa shape index (κ2) is 20.9. The standard InChI is InChI=1S/C24H52O2Si/c1-5-9-11-13-15-17-19-21-23-27(25-7-3,26-8-4)24-22-20-18-16-14-12-10-6-2/h5-24H2,1-4H3. The van der Waals surface area contributed by atoms with Crippen molar-refractivity contribution < 1.29 is 8.85 Å². The fraction of sp³-hybridized carbons (Fsp3) is 1.00. The molecule has 0 saturated heterocycles. The van der Waals surface area contributed by atoms with Gasteiger partial charge in [-0.3, -0.25) is 0 Å². The molecule has 0 atom stereocenters. The van der Waals surface area contributed by atoms with E-state index in [1.165, 1.54) is 115 Å². The molecule has 0 aliphatic heterocycles. The molecule has 0 saturated carbocycles. The molecular weight excluding hydrogens is 348 g/mol. The van der Waals surface area contributed by atoms with Gasteiger partial charge in [-0.2, -0.15) is 0 Å². The van der Waals surface area contributed by atoms with Gasteiger partial charge < -0.3 is 8.85 Å². The Bertz CT molecular complexity index is 256. The van der Waals surface area contributed by atoms with E-state index < -0.39 is 8.56 Å². The first-order chi connectivity index (χ1) is 13.2. The third-order valence-corrected chi connectivity index (χ3v) is 9.50. The number of hydrogen-bond acceptors (Lipinski definition) is 2. The third kappa shape index (κ3) is 16.8. The molecule has 0 aromatic heterocycles. The molecule has 0 aliphatic rings. The fourth-order valence-corrected chi connectivity index (χ4v) is 7.58. The summed E-state index contributed by atoms with van der Waals surface area (Å²) < 4.78 is 12.6. The first-order valence-electron chi connectivity index (χ1n) is 12.5. The van der Waals surface area contributed by atoms with Crippen molar-refractivity contribution in [1.82, 2.24) is 0 Å². The monoisotopic (exact) mass is 400 g/mol. The van der Waals surface area contributed by atoms with Crippen molar-refractivity contribution >= 4 is 8.56 Å². The number of rotatable bonds is 22. The molecule has 0 N–H and O–H groups in total. The van der Waals surface area contributed by atoms with E-state index in [0.717, 1.165) is 13.2 Å². The van der Waals surface area contributed by atoms with Gasteiger partial charge in [0.15, 0.2) is 0 Å². The third-order valence-electron chi connectivity index (χ3n) is 5.64. The summed E-state index contributed by atoms with van der Waals surface area (Å²) in [5, 5.41) is 0. The Kier molecular flexibility index (Phi) is 21.0. The average molecular weight is 401 g/mol. The predicted octanol–water partition coefficient (Wildman–Crippen LogP) is 8.78. The molecule has 2 nitrogen and oxygen atoms in total. The summed E-state index contributed by atoms with van der Waals surface area (Å²) in [5.74, 6) is 0. The second-order valence-electron chi connectivity index (χ2n) is 8.23. The summed E-state index contributed by atoms with van der Waals surface area (Å²) in [7, 11) is -1.96. The highest BCUT2D eigenvalue weighted by Crippen LogP contribution is 2.26. The minimum Gasteiger partial charge on any atom is -0.394 e. The van der Waals surface area contributed by atoms with Gasteiger partial charge in [0, 0.05) is 13.2 Å². The highest BCUT2D eigenvalue weighted by molar-refractivity contribution is 6.67. The van der Waals surface area contributed by atoms with Gasteiger partial charge in [-0.15, -0.1) is 0 Å². The van der Waals surface area contributed by atoms with Crippen LogP contribution in [0.1, 0.15) is 130 Å². The van der Waals surface area contributed by atoms with Crippen LogP contribution in [0.15, 0.2) is 0 Å². The number of hydrogen-bond donors (Lipinski definition) is 0. The van der Waals surface area contributed by atoms with Crippen LogP contribution >= 0.6 is 0 Å². The molecular formula is C24H52O2Si. The topological polar surface area (TPSA) is 18.5 Å². The first kappa shape index (κ1) is 27.1. The highest BCUT2D eigenvalue weighted by atomic mass is 28.4. The van der Waals surface area contributed by atoms with Gasteiger partial charge in [-0.25, -0.2) is 0 Å². The Hall–Kier alpha value is 0.137. The quantitative estimate of drug-likeness (QED) is 0.133. The van der Waals surface area contributed by atoms with E-state index in [-0.39, 0.29) is 0 Å². The minimum absolute atomic E-state index is 0.820. The SMILES string of the molecule is CCCCCCCCCC[Si](CCCCCCCCCC)(OCC)OCC. The summed E-state index contributed by atoms with van der Waals surface area (Å²) in [6, 6.07) is 2.42. The van der Waals surface area contributed by atoms with Crippen LogP contribution in [0, 0.1) is 0 Å². The minimum atomic E-state index is -1.96. The Balaban J connectivity index is 4.01. The van der Waals surface area contributed by atoms with Crippen molar-refractivity contribution in [2.24, 2.45) is 0 Å².